The van der Waals surface area contributed by atoms with E-state index in [4.69, 9.17) is 17.3 Å². The van der Waals surface area contributed by atoms with Gasteiger partial charge >= 0.3 is 0 Å². The molecule has 0 amide bonds. The molecule has 0 bridgehead atoms. The van der Waals surface area contributed by atoms with Crippen LogP contribution in [0.5, 0.6) is 0 Å². The fraction of sp³-hybridized carbons (Fsp3) is 0.455. The second-order valence-electron chi connectivity index (χ2n) is 3.62. The summed E-state index contributed by atoms with van der Waals surface area (Å²) in [6.45, 7) is 2.96. The van der Waals surface area contributed by atoms with Crippen LogP contribution in [0.1, 0.15) is 13.3 Å². The predicted molar refractivity (Wildman–Crippen MR) is 71.9 cm³/mol. The van der Waals surface area contributed by atoms with Crippen molar-refractivity contribution in [1.29, 1.82) is 0 Å². The summed E-state index contributed by atoms with van der Waals surface area (Å²) in [4.78, 5) is 0. The fourth-order valence-electron chi connectivity index (χ4n) is 1.24. The molecule has 1 atom stereocenters. The van der Waals surface area contributed by atoms with E-state index in [1.165, 1.54) is 12.1 Å². The molecule has 1 aromatic rings. The summed E-state index contributed by atoms with van der Waals surface area (Å²) in [6, 6.07) is 2.76. The first-order valence-corrected chi connectivity index (χ1v) is 6.72. The van der Waals surface area contributed by atoms with Crippen LogP contribution in [0.4, 0.5) is 15.8 Å². The molecule has 0 aliphatic heterocycles. The van der Waals surface area contributed by atoms with Crippen molar-refractivity contribution in [1.82, 2.24) is 0 Å². The number of thioether (sulfide) groups is 1. The lowest BCUT2D eigenvalue weighted by molar-refractivity contribution is 0.629. The molecule has 0 spiro atoms. The molecule has 0 fully saturated rings. The first kappa shape index (κ1) is 13.5. The number of nitrogens with two attached hydrogens (primary N) is 1. The van der Waals surface area contributed by atoms with Crippen molar-refractivity contribution in [3.8, 4) is 0 Å². The Kier molecular flexibility index (Phi) is 5.22. The predicted octanol–water partition coefficient (Wildman–Crippen LogP) is 3.61. The highest BCUT2D eigenvalue weighted by atomic mass is 35.5. The van der Waals surface area contributed by atoms with E-state index < -0.39 is 5.82 Å². The standard InChI is InChI=1S/C11H16ClFN2S/c1-7(16-2)3-4-15-11-5-8(12)9(13)6-10(11)14/h5-7,15H,3-4,14H2,1-2H3. The van der Waals surface area contributed by atoms with Crippen LogP contribution in [0.2, 0.25) is 5.02 Å². The van der Waals surface area contributed by atoms with Gasteiger partial charge in [-0.3, -0.25) is 0 Å². The number of hydrogen-bond donors (Lipinski definition) is 2. The molecule has 0 saturated heterocycles. The molecule has 1 aromatic carbocycles. The Labute approximate surface area is 105 Å². The van der Waals surface area contributed by atoms with E-state index in [9.17, 15) is 4.39 Å². The van der Waals surface area contributed by atoms with Gasteiger partial charge in [-0.1, -0.05) is 18.5 Å². The lowest BCUT2D eigenvalue weighted by atomic mass is 10.2. The maximum absolute atomic E-state index is 13.0. The van der Waals surface area contributed by atoms with Gasteiger partial charge in [0.1, 0.15) is 5.82 Å². The fourth-order valence-corrected chi connectivity index (χ4v) is 1.76. The third kappa shape index (κ3) is 3.76. The van der Waals surface area contributed by atoms with Gasteiger partial charge < -0.3 is 11.1 Å². The summed E-state index contributed by atoms with van der Waals surface area (Å²) >= 11 is 7.49. The quantitative estimate of drug-likeness (QED) is 0.796. The van der Waals surface area contributed by atoms with Gasteiger partial charge in [0.2, 0.25) is 0 Å². The summed E-state index contributed by atoms with van der Waals surface area (Å²) in [5.74, 6) is -0.484. The number of hydrogen-bond acceptors (Lipinski definition) is 3. The summed E-state index contributed by atoms with van der Waals surface area (Å²) in [6.07, 6.45) is 3.10. The molecule has 0 aliphatic carbocycles. The Morgan fingerprint density at radius 2 is 2.25 bits per heavy atom. The maximum Gasteiger partial charge on any atom is 0.143 e. The van der Waals surface area contributed by atoms with Gasteiger partial charge in [0, 0.05) is 17.9 Å². The topological polar surface area (TPSA) is 38.0 Å². The summed E-state index contributed by atoms with van der Waals surface area (Å²) < 4.78 is 13.0. The lowest BCUT2D eigenvalue weighted by Gasteiger charge is -2.12. The van der Waals surface area contributed by atoms with E-state index in [1.54, 1.807) is 0 Å². The normalized spacial score (nSPS) is 12.5. The summed E-state index contributed by atoms with van der Waals surface area (Å²) in [7, 11) is 0. The van der Waals surface area contributed by atoms with Gasteiger partial charge in [-0.2, -0.15) is 11.8 Å². The molecule has 0 aliphatic rings. The highest BCUT2D eigenvalue weighted by Crippen LogP contribution is 2.26. The van der Waals surface area contributed by atoms with Crippen molar-refractivity contribution >= 4 is 34.7 Å². The van der Waals surface area contributed by atoms with Crippen molar-refractivity contribution in [2.45, 2.75) is 18.6 Å². The minimum Gasteiger partial charge on any atom is -0.397 e. The second kappa shape index (κ2) is 6.21. The van der Waals surface area contributed by atoms with Crippen LogP contribution in [0, 0.1) is 5.82 Å². The minimum absolute atomic E-state index is 0.0922. The van der Waals surface area contributed by atoms with Gasteiger partial charge in [0.15, 0.2) is 0 Å². The molecule has 5 heteroatoms. The minimum atomic E-state index is -0.484. The van der Waals surface area contributed by atoms with E-state index in [1.807, 2.05) is 11.8 Å². The first-order chi connectivity index (χ1) is 7.54. The summed E-state index contributed by atoms with van der Waals surface area (Å²) in [5, 5.41) is 3.84. The molecule has 0 radical (unpaired) electrons. The van der Waals surface area contributed by atoms with E-state index in [2.05, 4.69) is 18.5 Å². The third-order valence-electron chi connectivity index (χ3n) is 2.36. The van der Waals surface area contributed by atoms with Crippen molar-refractivity contribution in [3.05, 3.63) is 23.0 Å². The molecule has 90 valence electrons. The number of nitrogen functional groups attached to an aromatic ring is 1. The van der Waals surface area contributed by atoms with Crippen LogP contribution in [0.25, 0.3) is 0 Å². The van der Waals surface area contributed by atoms with Gasteiger partial charge in [-0.05, 0) is 18.7 Å². The van der Waals surface area contributed by atoms with Crippen LogP contribution < -0.4 is 11.1 Å². The van der Waals surface area contributed by atoms with Gasteiger partial charge in [-0.15, -0.1) is 0 Å². The highest BCUT2D eigenvalue weighted by molar-refractivity contribution is 7.99. The van der Waals surface area contributed by atoms with Crippen molar-refractivity contribution < 1.29 is 4.39 Å². The van der Waals surface area contributed by atoms with Crippen LogP contribution in [0.15, 0.2) is 12.1 Å². The molecular weight excluding hydrogens is 247 g/mol. The number of anilines is 2. The van der Waals surface area contributed by atoms with Crippen LogP contribution in [-0.4, -0.2) is 18.1 Å². The molecule has 0 saturated carbocycles. The van der Waals surface area contributed by atoms with Crippen molar-refractivity contribution in [2.75, 3.05) is 23.9 Å². The second-order valence-corrected chi connectivity index (χ2v) is 5.30. The van der Waals surface area contributed by atoms with Crippen molar-refractivity contribution in [3.63, 3.8) is 0 Å². The average Bonchev–Trinajstić information content (AvgIpc) is 2.25. The van der Waals surface area contributed by atoms with E-state index in [0.717, 1.165) is 13.0 Å². The Balaban J connectivity index is 2.57. The number of nitrogens with one attached hydrogen (secondary N) is 1. The molecular formula is C11H16ClFN2S. The van der Waals surface area contributed by atoms with Gasteiger partial charge in [0.05, 0.1) is 16.4 Å². The molecule has 3 N–H and O–H groups in total. The van der Waals surface area contributed by atoms with Crippen LogP contribution in [0.3, 0.4) is 0 Å². The molecule has 1 unspecified atom stereocenters. The highest BCUT2D eigenvalue weighted by Gasteiger charge is 2.06. The lowest BCUT2D eigenvalue weighted by Crippen LogP contribution is -2.09. The molecule has 0 aromatic heterocycles. The van der Waals surface area contributed by atoms with E-state index >= 15 is 0 Å². The van der Waals surface area contributed by atoms with E-state index in [-0.39, 0.29) is 5.02 Å². The summed E-state index contributed by atoms with van der Waals surface area (Å²) in [5.41, 5.74) is 6.76. The smallest absolute Gasteiger partial charge is 0.143 e. The third-order valence-corrected chi connectivity index (χ3v) is 3.69. The molecule has 16 heavy (non-hydrogen) atoms. The van der Waals surface area contributed by atoms with Gasteiger partial charge in [-0.25, -0.2) is 4.39 Å². The first-order valence-electron chi connectivity index (χ1n) is 5.05. The van der Waals surface area contributed by atoms with Crippen LogP contribution in [-0.2, 0) is 0 Å². The SMILES string of the molecule is CSC(C)CCNc1cc(Cl)c(F)cc1N. The zero-order chi connectivity index (χ0) is 12.1. The van der Waals surface area contributed by atoms with Crippen molar-refractivity contribution in [2.24, 2.45) is 0 Å². The Bertz CT molecular complexity index is 360. The largest absolute Gasteiger partial charge is 0.397 e. The monoisotopic (exact) mass is 262 g/mol. The number of rotatable bonds is 5. The Morgan fingerprint density at radius 3 is 2.88 bits per heavy atom. The van der Waals surface area contributed by atoms with Crippen LogP contribution >= 0.6 is 23.4 Å². The Hall–Kier alpha value is -0.610. The Morgan fingerprint density at radius 1 is 1.56 bits per heavy atom. The van der Waals surface area contributed by atoms with E-state index in [0.29, 0.717) is 16.6 Å². The number of benzene rings is 1. The molecule has 2 nitrogen and oxygen atoms in total. The molecule has 0 heterocycles. The maximum atomic E-state index is 13.0. The average molecular weight is 263 g/mol. The molecule has 1 rings (SSSR count). The van der Waals surface area contributed by atoms with Gasteiger partial charge in [0.25, 0.3) is 0 Å². The number of halogens is 2. The zero-order valence-corrected chi connectivity index (χ0v) is 11.0. The zero-order valence-electron chi connectivity index (χ0n) is 9.39.